The third-order valence-corrected chi connectivity index (χ3v) is 5.76. The van der Waals surface area contributed by atoms with Crippen molar-refractivity contribution in [3.63, 3.8) is 0 Å². The lowest BCUT2D eigenvalue weighted by Crippen LogP contribution is -2.27. The number of rotatable bonds is 7. The zero-order valence-electron chi connectivity index (χ0n) is 17.7. The Kier molecular flexibility index (Phi) is 6.63. The van der Waals surface area contributed by atoms with E-state index in [0.29, 0.717) is 33.7 Å². The van der Waals surface area contributed by atoms with Crippen LogP contribution in [-0.4, -0.2) is 20.7 Å². The molecule has 1 N–H and O–H groups in total. The second-order valence-electron chi connectivity index (χ2n) is 7.46. The van der Waals surface area contributed by atoms with Crippen molar-refractivity contribution in [3.8, 4) is 17.0 Å². The molecule has 164 valence electrons. The van der Waals surface area contributed by atoms with Gasteiger partial charge in [-0.2, -0.15) is 5.10 Å². The van der Waals surface area contributed by atoms with Gasteiger partial charge in [0.15, 0.2) is 11.7 Å². The van der Waals surface area contributed by atoms with Gasteiger partial charge in [0, 0.05) is 34.7 Å². The van der Waals surface area contributed by atoms with Crippen LogP contribution >= 0.6 is 23.2 Å². The number of halogens is 2. The van der Waals surface area contributed by atoms with Gasteiger partial charge in [-0.25, -0.2) is 9.67 Å². The Morgan fingerprint density at radius 1 is 1.16 bits per heavy atom. The lowest BCUT2D eigenvalue weighted by molar-refractivity contribution is -0.121. The third-order valence-electron chi connectivity index (χ3n) is 5.21. The monoisotopic (exact) mass is 468 g/mol. The van der Waals surface area contributed by atoms with E-state index >= 15 is 0 Å². The number of hydrogen-bond acceptors (Lipinski definition) is 4. The minimum atomic E-state index is -0.173. The summed E-state index contributed by atoms with van der Waals surface area (Å²) in [5.74, 6) is 0.926. The Balaban J connectivity index is 1.36. The van der Waals surface area contributed by atoms with Crippen molar-refractivity contribution in [2.24, 2.45) is 0 Å². The Labute approximate surface area is 196 Å². The number of hydrogen-bond donors (Lipinski definition) is 1. The molecule has 0 aliphatic heterocycles. The van der Waals surface area contributed by atoms with Crippen LogP contribution in [0.5, 0.6) is 0 Å². The van der Waals surface area contributed by atoms with Crippen LogP contribution in [0, 0.1) is 6.92 Å². The van der Waals surface area contributed by atoms with Crippen molar-refractivity contribution in [1.82, 2.24) is 20.1 Å². The summed E-state index contributed by atoms with van der Waals surface area (Å²) in [6.07, 6.45) is 4.03. The number of aryl methyl sites for hydroxylation is 1. The summed E-state index contributed by atoms with van der Waals surface area (Å²) in [6.45, 7) is 3.94. The van der Waals surface area contributed by atoms with Crippen LogP contribution < -0.4 is 5.32 Å². The highest BCUT2D eigenvalue weighted by Gasteiger charge is 2.17. The Bertz CT molecular complexity index is 1230. The largest absolute Gasteiger partial charge is 0.441 e. The molecule has 1 amide bonds. The fraction of sp³-hybridized carbons (Fsp3) is 0.208. The third kappa shape index (κ3) is 4.87. The van der Waals surface area contributed by atoms with Gasteiger partial charge in [0.05, 0.1) is 29.1 Å². The maximum absolute atomic E-state index is 12.5. The van der Waals surface area contributed by atoms with Crippen molar-refractivity contribution in [1.29, 1.82) is 0 Å². The van der Waals surface area contributed by atoms with Gasteiger partial charge in [-0.3, -0.25) is 4.79 Å². The highest BCUT2D eigenvalue weighted by molar-refractivity contribution is 6.36. The fourth-order valence-electron chi connectivity index (χ4n) is 3.53. The molecule has 0 aliphatic rings. The van der Waals surface area contributed by atoms with Gasteiger partial charge in [0.1, 0.15) is 0 Å². The molecule has 0 radical (unpaired) electrons. The number of aromatic nitrogens is 3. The Morgan fingerprint density at radius 2 is 1.94 bits per heavy atom. The van der Waals surface area contributed by atoms with E-state index in [1.54, 1.807) is 30.6 Å². The minimum Gasteiger partial charge on any atom is -0.441 e. The van der Waals surface area contributed by atoms with Crippen molar-refractivity contribution in [3.05, 3.63) is 88.1 Å². The first-order valence-electron chi connectivity index (χ1n) is 10.2. The van der Waals surface area contributed by atoms with Crippen molar-refractivity contribution < 1.29 is 9.21 Å². The number of amides is 1. The number of nitrogens with one attached hydrogen (secondary N) is 1. The molecule has 6 nitrogen and oxygen atoms in total. The van der Waals surface area contributed by atoms with E-state index in [9.17, 15) is 4.79 Å². The molecule has 4 rings (SSSR count). The summed E-state index contributed by atoms with van der Waals surface area (Å²) in [5.41, 5.74) is 3.65. The van der Waals surface area contributed by atoms with Crippen LogP contribution in [0.15, 0.2) is 65.3 Å². The number of oxazole rings is 1. The van der Waals surface area contributed by atoms with Crippen molar-refractivity contribution in [2.75, 3.05) is 0 Å². The van der Waals surface area contributed by atoms with E-state index in [0.717, 1.165) is 16.9 Å². The summed E-state index contributed by atoms with van der Waals surface area (Å²) in [4.78, 5) is 16.8. The van der Waals surface area contributed by atoms with E-state index in [1.807, 2.05) is 48.9 Å². The maximum Gasteiger partial charge on any atom is 0.220 e. The second kappa shape index (κ2) is 9.59. The number of para-hydroxylation sites is 1. The normalized spacial score (nSPS) is 12.0. The molecule has 2 heterocycles. The summed E-state index contributed by atoms with van der Waals surface area (Å²) in [5, 5.41) is 8.54. The van der Waals surface area contributed by atoms with E-state index in [2.05, 4.69) is 15.4 Å². The Hall–Kier alpha value is -3.09. The van der Waals surface area contributed by atoms with E-state index in [1.165, 1.54) is 0 Å². The minimum absolute atomic E-state index is 0.0892. The highest BCUT2D eigenvalue weighted by Crippen LogP contribution is 2.31. The number of carbonyl (C=O) groups is 1. The Morgan fingerprint density at radius 3 is 2.69 bits per heavy atom. The second-order valence-corrected chi connectivity index (χ2v) is 8.31. The van der Waals surface area contributed by atoms with Gasteiger partial charge >= 0.3 is 0 Å². The number of nitrogens with zero attached hydrogens (tertiary/aromatic N) is 3. The molecule has 0 saturated carbocycles. The lowest BCUT2D eigenvalue weighted by atomic mass is 10.1. The smallest absolute Gasteiger partial charge is 0.220 e. The van der Waals surface area contributed by atoms with Crippen molar-refractivity contribution in [2.45, 2.75) is 32.7 Å². The van der Waals surface area contributed by atoms with Gasteiger partial charge in [0.25, 0.3) is 0 Å². The topological polar surface area (TPSA) is 73.0 Å². The molecule has 1 atom stereocenters. The van der Waals surface area contributed by atoms with E-state index in [-0.39, 0.29) is 18.4 Å². The zero-order chi connectivity index (χ0) is 22.7. The standard InChI is InChI=1S/C24H22Cl2N4O2/c1-15(20-13-28-30(16(20)2)18-6-4-3-5-7-18)29-23(31)10-11-24-27-14-22(32-24)19-9-8-17(25)12-21(19)26/h3-9,12-15H,10-11H2,1-2H3,(H,29,31). The summed E-state index contributed by atoms with van der Waals surface area (Å²) < 4.78 is 7.64. The molecule has 0 aliphatic carbocycles. The van der Waals surface area contributed by atoms with Gasteiger partial charge in [0.2, 0.25) is 5.91 Å². The SMILES string of the molecule is Cc1c(C(C)NC(=O)CCc2ncc(-c3ccc(Cl)cc3Cl)o2)cnn1-c1ccccc1. The van der Waals surface area contributed by atoms with Gasteiger partial charge < -0.3 is 9.73 Å². The van der Waals surface area contributed by atoms with Crippen LogP contribution in [0.3, 0.4) is 0 Å². The average Bonchev–Trinajstić information content (AvgIpc) is 3.39. The van der Waals surface area contributed by atoms with Gasteiger partial charge in [-0.15, -0.1) is 0 Å². The van der Waals surface area contributed by atoms with E-state index in [4.69, 9.17) is 27.6 Å². The zero-order valence-corrected chi connectivity index (χ0v) is 19.2. The molecular weight excluding hydrogens is 447 g/mol. The van der Waals surface area contributed by atoms with Crippen LogP contribution in [0.1, 0.15) is 36.5 Å². The van der Waals surface area contributed by atoms with Crippen molar-refractivity contribution >= 4 is 29.1 Å². The summed E-state index contributed by atoms with van der Waals surface area (Å²) in [6, 6.07) is 14.9. The lowest BCUT2D eigenvalue weighted by Gasteiger charge is -2.14. The maximum atomic E-state index is 12.5. The molecule has 0 spiro atoms. The predicted octanol–water partition coefficient (Wildman–Crippen LogP) is 5.95. The summed E-state index contributed by atoms with van der Waals surface area (Å²) >= 11 is 12.2. The molecule has 0 fully saturated rings. The molecular formula is C24H22Cl2N4O2. The van der Waals surface area contributed by atoms with Crippen LogP contribution in [0.25, 0.3) is 17.0 Å². The first-order valence-corrected chi connectivity index (χ1v) is 11.0. The highest BCUT2D eigenvalue weighted by atomic mass is 35.5. The molecule has 4 aromatic rings. The molecule has 2 aromatic heterocycles. The first kappa shape index (κ1) is 22.1. The molecule has 8 heteroatoms. The first-order chi connectivity index (χ1) is 15.4. The van der Waals surface area contributed by atoms with E-state index < -0.39 is 0 Å². The summed E-state index contributed by atoms with van der Waals surface area (Å²) in [7, 11) is 0. The van der Waals surface area contributed by atoms with Crippen LogP contribution in [0.2, 0.25) is 10.0 Å². The quantitative estimate of drug-likeness (QED) is 0.363. The van der Waals surface area contributed by atoms with Crippen LogP contribution in [0.4, 0.5) is 0 Å². The molecule has 0 bridgehead atoms. The number of benzene rings is 2. The average molecular weight is 469 g/mol. The molecule has 0 saturated heterocycles. The van der Waals surface area contributed by atoms with Gasteiger partial charge in [-0.1, -0.05) is 41.4 Å². The predicted molar refractivity (Wildman–Crippen MR) is 125 cm³/mol. The molecule has 32 heavy (non-hydrogen) atoms. The number of carbonyl (C=O) groups excluding carboxylic acids is 1. The van der Waals surface area contributed by atoms with Crippen LogP contribution in [-0.2, 0) is 11.2 Å². The molecule has 2 aromatic carbocycles. The fourth-order valence-corrected chi connectivity index (χ4v) is 4.03. The van der Waals surface area contributed by atoms with Gasteiger partial charge in [-0.05, 0) is 44.2 Å². The molecule has 1 unspecified atom stereocenters.